The van der Waals surface area contributed by atoms with Crippen molar-refractivity contribution in [2.24, 2.45) is 5.41 Å². The van der Waals surface area contributed by atoms with E-state index in [0.717, 1.165) is 5.41 Å². The molecule has 0 bridgehead atoms. The molecule has 0 amide bonds. The molecule has 5 nitrogen and oxygen atoms in total. The first kappa shape index (κ1) is 15.1. The van der Waals surface area contributed by atoms with Gasteiger partial charge < -0.3 is 4.74 Å². The summed E-state index contributed by atoms with van der Waals surface area (Å²) in [6, 6.07) is -0.525. The standard InChI is InChI=1S/C10H19NO4S/c1-6-8(11-16(13,14)7-2)10(3,4)9(12)15-5/h7-8,11H,2,6H2,1,3-5H3. The molecule has 0 saturated heterocycles. The number of hydrogen-bond donors (Lipinski definition) is 1. The summed E-state index contributed by atoms with van der Waals surface area (Å²) < 4.78 is 29.7. The molecule has 1 atom stereocenters. The molecule has 0 aliphatic carbocycles. The van der Waals surface area contributed by atoms with Gasteiger partial charge in [-0.3, -0.25) is 4.79 Å². The number of ether oxygens (including phenoxy) is 1. The minimum atomic E-state index is -3.55. The number of nitrogens with one attached hydrogen (secondary N) is 1. The third-order valence-corrected chi connectivity index (χ3v) is 3.57. The van der Waals surface area contributed by atoms with Gasteiger partial charge in [-0.1, -0.05) is 13.5 Å². The quantitative estimate of drug-likeness (QED) is 0.713. The molecule has 0 fully saturated rings. The van der Waals surface area contributed by atoms with Gasteiger partial charge in [0, 0.05) is 11.4 Å². The van der Waals surface area contributed by atoms with Crippen molar-refractivity contribution in [3.05, 3.63) is 12.0 Å². The zero-order valence-corrected chi connectivity index (χ0v) is 10.9. The van der Waals surface area contributed by atoms with E-state index in [2.05, 4.69) is 16.0 Å². The molecule has 0 aromatic heterocycles. The number of carbonyl (C=O) groups excluding carboxylic acids is 1. The Morgan fingerprint density at radius 1 is 1.56 bits per heavy atom. The van der Waals surface area contributed by atoms with Crippen LogP contribution in [0, 0.1) is 5.41 Å². The molecule has 0 heterocycles. The Labute approximate surface area is 96.9 Å². The van der Waals surface area contributed by atoms with Crippen LogP contribution in [-0.4, -0.2) is 27.5 Å². The molecule has 0 rings (SSSR count). The van der Waals surface area contributed by atoms with E-state index in [4.69, 9.17) is 0 Å². The van der Waals surface area contributed by atoms with Gasteiger partial charge in [0.1, 0.15) is 0 Å². The molecule has 1 N–H and O–H groups in total. The molecule has 0 aliphatic rings. The molecule has 0 aliphatic heterocycles. The highest BCUT2D eigenvalue weighted by atomic mass is 32.2. The number of methoxy groups -OCH3 is 1. The lowest BCUT2D eigenvalue weighted by Crippen LogP contribution is -2.48. The number of esters is 1. The summed E-state index contributed by atoms with van der Waals surface area (Å²) in [4.78, 5) is 11.5. The maximum Gasteiger partial charge on any atom is 0.312 e. The molecule has 0 spiro atoms. The minimum Gasteiger partial charge on any atom is -0.469 e. The van der Waals surface area contributed by atoms with Crippen molar-refractivity contribution in [2.75, 3.05) is 7.11 Å². The molecule has 6 heteroatoms. The first-order chi connectivity index (χ1) is 7.21. The van der Waals surface area contributed by atoms with Gasteiger partial charge >= 0.3 is 5.97 Å². The summed E-state index contributed by atoms with van der Waals surface area (Å²) in [5.41, 5.74) is -0.917. The summed E-state index contributed by atoms with van der Waals surface area (Å²) in [5.74, 6) is -0.453. The second-order valence-electron chi connectivity index (χ2n) is 4.00. The van der Waals surface area contributed by atoms with Crippen LogP contribution in [0.4, 0.5) is 0 Å². The third-order valence-electron chi connectivity index (χ3n) is 2.52. The van der Waals surface area contributed by atoms with E-state index in [9.17, 15) is 13.2 Å². The van der Waals surface area contributed by atoms with Gasteiger partial charge in [0.15, 0.2) is 0 Å². The second-order valence-corrected chi connectivity index (χ2v) is 5.66. The Bertz CT molecular complexity index is 359. The van der Waals surface area contributed by atoms with E-state index in [1.807, 2.05) is 0 Å². The van der Waals surface area contributed by atoms with E-state index in [1.165, 1.54) is 7.11 Å². The first-order valence-electron chi connectivity index (χ1n) is 4.94. The number of sulfonamides is 1. The summed E-state index contributed by atoms with van der Waals surface area (Å²) in [6.07, 6.45) is 0.481. The Hall–Kier alpha value is -0.880. The van der Waals surface area contributed by atoms with E-state index in [-0.39, 0.29) is 0 Å². The zero-order chi connectivity index (χ0) is 13.0. The molecule has 0 aromatic rings. The number of carbonyl (C=O) groups is 1. The van der Waals surface area contributed by atoms with Crippen LogP contribution in [0.2, 0.25) is 0 Å². The second kappa shape index (κ2) is 5.45. The molecule has 0 saturated carbocycles. The van der Waals surface area contributed by atoms with Crippen molar-refractivity contribution in [2.45, 2.75) is 33.2 Å². The van der Waals surface area contributed by atoms with Crippen molar-refractivity contribution in [3.8, 4) is 0 Å². The molecule has 0 radical (unpaired) electrons. The molecule has 16 heavy (non-hydrogen) atoms. The van der Waals surface area contributed by atoms with Crippen LogP contribution in [-0.2, 0) is 19.6 Å². The number of hydrogen-bond acceptors (Lipinski definition) is 4. The van der Waals surface area contributed by atoms with Crippen LogP contribution < -0.4 is 4.72 Å². The van der Waals surface area contributed by atoms with E-state index < -0.39 is 27.4 Å². The van der Waals surface area contributed by atoms with E-state index >= 15 is 0 Å². The van der Waals surface area contributed by atoms with Crippen LogP contribution in [0.25, 0.3) is 0 Å². The summed E-state index contributed by atoms with van der Waals surface area (Å²) >= 11 is 0. The lowest BCUT2D eigenvalue weighted by molar-refractivity contribution is -0.152. The fourth-order valence-electron chi connectivity index (χ4n) is 1.39. The van der Waals surface area contributed by atoms with Gasteiger partial charge in [0.05, 0.1) is 12.5 Å². The van der Waals surface area contributed by atoms with Crippen molar-refractivity contribution in [1.29, 1.82) is 0 Å². The Morgan fingerprint density at radius 3 is 2.38 bits per heavy atom. The normalized spacial score (nSPS) is 14.2. The predicted octanol–water partition coefficient (Wildman–Crippen LogP) is 1.03. The van der Waals surface area contributed by atoms with Gasteiger partial charge in [0.25, 0.3) is 0 Å². The van der Waals surface area contributed by atoms with Crippen LogP contribution in [0.5, 0.6) is 0 Å². The zero-order valence-electron chi connectivity index (χ0n) is 10.1. The smallest absolute Gasteiger partial charge is 0.312 e. The largest absolute Gasteiger partial charge is 0.469 e. The maximum atomic E-state index is 11.5. The maximum absolute atomic E-state index is 11.5. The minimum absolute atomic E-state index is 0.453. The predicted molar refractivity (Wildman–Crippen MR) is 62.1 cm³/mol. The van der Waals surface area contributed by atoms with Crippen LogP contribution in [0.15, 0.2) is 12.0 Å². The average molecular weight is 249 g/mol. The van der Waals surface area contributed by atoms with Crippen LogP contribution >= 0.6 is 0 Å². The van der Waals surface area contributed by atoms with Crippen LogP contribution in [0.1, 0.15) is 27.2 Å². The topological polar surface area (TPSA) is 72.5 Å². The summed E-state index contributed by atoms with van der Waals surface area (Å²) in [7, 11) is -2.27. The van der Waals surface area contributed by atoms with Gasteiger partial charge in [-0.2, -0.15) is 0 Å². The monoisotopic (exact) mass is 249 g/mol. The van der Waals surface area contributed by atoms with E-state index in [0.29, 0.717) is 6.42 Å². The molecule has 0 aromatic carbocycles. The van der Waals surface area contributed by atoms with E-state index in [1.54, 1.807) is 20.8 Å². The van der Waals surface area contributed by atoms with Crippen molar-refractivity contribution < 1.29 is 17.9 Å². The Balaban J connectivity index is 5.01. The Kier molecular flexibility index (Phi) is 5.15. The highest BCUT2D eigenvalue weighted by molar-refractivity contribution is 7.92. The van der Waals surface area contributed by atoms with Gasteiger partial charge in [-0.05, 0) is 20.3 Å². The molecule has 1 unspecified atom stereocenters. The molecule has 94 valence electrons. The lowest BCUT2D eigenvalue weighted by Gasteiger charge is -2.30. The SMILES string of the molecule is C=CS(=O)(=O)NC(CC)C(C)(C)C(=O)OC. The van der Waals surface area contributed by atoms with Crippen molar-refractivity contribution in [1.82, 2.24) is 4.72 Å². The lowest BCUT2D eigenvalue weighted by atomic mass is 9.83. The van der Waals surface area contributed by atoms with Crippen LogP contribution in [0.3, 0.4) is 0 Å². The third kappa shape index (κ3) is 3.61. The summed E-state index contributed by atoms with van der Waals surface area (Å²) in [5, 5.41) is 0.822. The highest BCUT2D eigenvalue weighted by Crippen LogP contribution is 2.25. The highest BCUT2D eigenvalue weighted by Gasteiger charge is 2.38. The fraction of sp³-hybridized carbons (Fsp3) is 0.700. The average Bonchev–Trinajstić information content (AvgIpc) is 2.24. The first-order valence-corrected chi connectivity index (χ1v) is 6.49. The fourth-order valence-corrected chi connectivity index (χ4v) is 2.35. The molecular weight excluding hydrogens is 230 g/mol. The van der Waals surface area contributed by atoms with Crippen molar-refractivity contribution in [3.63, 3.8) is 0 Å². The Morgan fingerprint density at radius 2 is 2.06 bits per heavy atom. The van der Waals surface area contributed by atoms with Gasteiger partial charge in [0.2, 0.25) is 10.0 Å². The van der Waals surface area contributed by atoms with Gasteiger partial charge in [-0.25, -0.2) is 13.1 Å². The van der Waals surface area contributed by atoms with Gasteiger partial charge in [-0.15, -0.1) is 0 Å². The van der Waals surface area contributed by atoms with Crippen molar-refractivity contribution >= 4 is 16.0 Å². The molecular formula is C10H19NO4S. The summed E-state index contributed by atoms with van der Waals surface area (Å²) in [6.45, 7) is 8.27. The number of rotatable bonds is 6.